The Bertz CT molecular complexity index is 1420. The van der Waals surface area contributed by atoms with E-state index in [2.05, 4.69) is 10.3 Å². The fraction of sp³-hybridized carbons (Fsp3) is 0.222. The van der Waals surface area contributed by atoms with Crippen LogP contribution in [0.3, 0.4) is 0 Å². The largest absolute Gasteiger partial charge is 0.383 e. The highest BCUT2D eigenvalue weighted by Crippen LogP contribution is 2.27. The molecule has 0 heterocycles. The van der Waals surface area contributed by atoms with Crippen molar-refractivity contribution >= 4 is 50.3 Å². The Kier molecular flexibility index (Phi) is 9.14. The van der Waals surface area contributed by atoms with Gasteiger partial charge in [-0.1, -0.05) is 61.6 Å². The molecule has 3 aromatic rings. The number of nitrogens with two attached hydrogens (primary N) is 2. The number of carbonyl (C=O) groups excluding carboxylic acids is 1. The molecular formula is C27H31N5O3S2. The van der Waals surface area contributed by atoms with Gasteiger partial charge in [-0.25, -0.2) is 18.5 Å². The molecule has 0 bridgehead atoms. The summed E-state index contributed by atoms with van der Waals surface area (Å²) in [5.41, 5.74) is 9.45. The molecule has 10 heteroatoms. The predicted molar refractivity (Wildman–Crippen MR) is 154 cm³/mol. The van der Waals surface area contributed by atoms with Crippen LogP contribution in [0.25, 0.3) is 11.1 Å². The minimum atomic E-state index is -3.87. The third-order valence-corrected chi connectivity index (χ3v) is 6.98. The molecule has 0 aliphatic heterocycles. The van der Waals surface area contributed by atoms with Crippen molar-refractivity contribution in [1.29, 1.82) is 0 Å². The molecule has 37 heavy (non-hydrogen) atoms. The molecule has 3 rings (SSSR count). The summed E-state index contributed by atoms with van der Waals surface area (Å²) in [6.07, 6.45) is 0.633. The smallest absolute Gasteiger partial charge is 0.243 e. The van der Waals surface area contributed by atoms with Crippen LogP contribution in [0.4, 0.5) is 11.4 Å². The third kappa shape index (κ3) is 7.45. The van der Waals surface area contributed by atoms with Gasteiger partial charge in [-0.2, -0.15) is 0 Å². The van der Waals surface area contributed by atoms with E-state index in [-0.39, 0.29) is 23.4 Å². The van der Waals surface area contributed by atoms with E-state index in [9.17, 15) is 13.2 Å². The van der Waals surface area contributed by atoms with Crippen LogP contribution in [0, 0.1) is 0 Å². The van der Waals surface area contributed by atoms with Crippen LogP contribution < -0.4 is 21.1 Å². The van der Waals surface area contributed by atoms with Crippen molar-refractivity contribution in [3.8, 4) is 11.1 Å². The highest BCUT2D eigenvalue weighted by atomic mass is 32.2. The fourth-order valence-electron chi connectivity index (χ4n) is 3.74. The maximum absolute atomic E-state index is 12.9. The van der Waals surface area contributed by atoms with Crippen LogP contribution in [0.2, 0.25) is 0 Å². The molecule has 0 spiro atoms. The van der Waals surface area contributed by atoms with Crippen LogP contribution >= 0.6 is 12.2 Å². The Morgan fingerprint density at radius 2 is 1.73 bits per heavy atom. The number of hydrogen-bond acceptors (Lipinski definition) is 5. The summed E-state index contributed by atoms with van der Waals surface area (Å²) in [6, 6.07) is 21.0. The monoisotopic (exact) mass is 537 g/mol. The van der Waals surface area contributed by atoms with E-state index in [1.807, 2.05) is 49.9 Å². The zero-order valence-electron chi connectivity index (χ0n) is 21.0. The summed E-state index contributed by atoms with van der Waals surface area (Å²) in [7, 11) is -3.87. The van der Waals surface area contributed by atoms with Gasteiger partial charge in [0.05, 0.1) is 11.4 Å². The molecule has 0 saturated carbocycles. The number of carbonyl (C=O) groups is 1. The summed E-state index contributed by atoms with van der Waals surface area (Å²) >= 11 is 5.17. The number of benzene rings is 3. The zero-order chi connectivity index (χ0) is 27.2. The van der Waals surface area contributed by atoms with E-state index in [0.29, 0.717) is 34.1 Å². The Morgan fingerprint density at radius 1 is 1.05 bits per heavy atom. The maximum atomic E-state index is 12.9. The fourth-order valence-corrected chi connectivity index (χ4v) is 4.59. The second-order valence-electron chi connectivity index (χ2n) is 8.68. The normalized spacial score (nSPS) is 11.9. The van der Waals surface area contributed by atoms with Crippen molar-refractivity contribution in [2.45, 2.75) is 38.1 Å². The van der Waals surface area contributed by atoms with E-state index < -0.39 is 10.0 Å². The van der Waals surface area contributed by atoms with Gasteiger partial charge in [0.1, 0.15) is 10.8 Å². The molecule has 0 fully saturated rings. The van der Waals surface area contributed by atoms with Crippen molar-refractivity contribution in [2.75, 3.05) is 16.8 Å². The van der Waals surface area contributed by atoms with Crippen molar-refractivity contribution in [1.82, 2.24) is 0 Å². The Hall–Kier alpha value is -3.60. The lowest BCUT2D eigenvalue weighted by molar-refractivity contribution is -0.115. The van der Waals surface area contributed by atoms with E-state index in [4.69, 9.17) is 23.1 Å². The molecule has 0 aliphatic rings. The quantitative estimate of drug-likeness (QED) is 0.212. The molecule has 0 saturated heterocycles. The number of rotatable bonds is 9. The van der Waals surface area contributed by atoms with Crippen LogP contribution in [-0.2, 0) is 14.8 Å². The van der Waals surface area contributed by atoms with Gasteiger partial charge >= 0.3 is 0 Å². The van der Waals surface area contributed by atoms with Gasteiger partial charge in [-0.15, -0.1) is 0 Å². The molecule has 1 amide bonds. The number of thiocarbonyl (C=S) groups is 1. The summed E-state index contributed by atoms with van der Waals surface area (Å²) in [6.45, 7) is 6.04. The molecule has 5 N–H and O–H groups in total. The van der Waals surface area contributed by atoms with Gasteiger partial charge in [-0.3, -0.25) is 4.79 Å². The Balaban J connectivity index is 1.76. The Labute approximate surface area is 223 Å². The van der Waals surface area contributed by atoms with E-state index >= 15 is 0 Å². The lowest BCUT2D eigenvalue weighted by Crippen LogP contribution is -2.38. The first-order chi connectivity index (χ1) is 17.5. The molecule has 8 nitrogen and oxygen atoms in total. The molecular weight excluding hydrogens is 506 g/mol. The van der Waals surface area contributed by atoms with E-state index in [1.165, 1.54) is 6.07 Å². The van der Waals surface area contributed by atoms with Gasteiger partial charge in [0.15, 0.2) is 0 Å². The van der Waals surface area contributed by atoms with Crippen LogP contribution in [-0.4, -0.2) is 37.7 Å². The number of aliphatic imine (C=N–C) groups is 1. The van der Waals surface area contributed by atoms with Gasteiger partial charge in [0, 0.05) is 28.5 Å². The average Bonchev–Trinajstić information content (AvgIpc) is 2.87. The number of sulfonamides is 1. The number of nitrogens with zero attached hydrogens (tertiary/aromatic N) is 2. The summed E-state index contributed by atoms with van der Waals surface area (Å²) in [4.78, 5) is 19.7. The molecule has 194 valence electrons. The topological polar surface area (TPSA) is 131 Å². The average molecular weight is 538 g/mol. The molecule has 0 aliphatic carbocycles. The molecule has 0 radical (unpaired) electrons. The highest BCUT2D eigenvalue weighted by molar-refractivity contribution is 7.89. The zero-order valence-corrected chi connectivity index (χ0v) is 22.6. The van der Waals surface area contributed by atoms with Gasteiger partial charge < -0.3 is 16.0 Å². The standard InChI is InChI=1S/C27H31N5O3S2/c1-4-26(36)31-27(28)20-8-7-9-22(16-20)32(18(2)3)17-25(33)30-21-14-12-19(13-15-21)23-10-5-6-11-24(23)37(29,34)35/h5-16,18H,4,17H2,1-3H3,(H,30,33)(H2,28,31,36)(H2,29,34,35). The minimum absolute atomic E-state index is 0.0352. The Morgan fingerprint density at radius 3 is 2.35 bits per heavy atom. The van der Waals surface area contributed by atoms with Gasteiger partial charge in [0.25, 0.3) is 0 Å². The number of nitrogens with one attached hydrogen (secondary N) is 1. The lowest BCUT2D eigenvalue weighted by atomic mass is 10.1. The second-order valence-corrected chi connectivity index (χ2v) is 10.7. The SMILES string of the molecule is CCC(=S)N=C(N)c1cccc(N(CC(=O)Nc2ccc(-c3ccccc3S(N)(=O)=O)cc2)C(C)C)c1. The first-order valence-electron chi connectivity index (χ1n) is 11.8. The first kappa shape index (κ1) is 28.0. The number of amidine groups is 1. The number of amides is 1. The van der Waals surface area contributed by atoms with Gasteiger partial charge in [0.2, 0.25) is 15.9 Å². The molecule has 0 unspecified atom stereocenters. The summed E-state index contributed by atoms with van der Waals surface area (Å²) in [5.74, 6) is 0.136. The van der Waals surface area contributed by atoms with Crippen molar-refractivity contribution < 1.29 is 13.2 Å². The number of hydrogen-bond donors (Lipinski definition) is 3. The van der Waals surface area contributed by atoms with Crippen LogP contribution in [0.15, 0.2) is 82.7 Å². The molecule has 3 aromatic carbocycles. The summed E-state index contributed by atoms with van der Waals surface area (Å²) in [5, 5.41) is 8.26. The van der Waals surface area contributed by atoms with Crippen molar-refractivity contribution in [3.05, 3.63) is 78.4 Å². The summed E-state index contributed by atoms with van der Waals surface area (Å²) < 4.78 is 23.9. The number of anilines is 2. The minimum Gasteiger partial charge on any atom is -0.383 e. The van der Waals surface area contributed by atoms with E-state index in [1.54, 1.807) is 42.5 Å². The molecule has 0 atom stereocenters. The van der Waals surface area contributed by atoms with Crippen LogP contribution in [0.1, 0.15) is 32.8 Å². The van der Waals surface area contributed by atoms with Gasteiger partial charge in [-0.05, 0) is 56.2 Å². The van der Waals surface area contributed by atoms with E-state index in [0.717, 1.165) is 11.3 Å². The van der Waals surface area contributed by atoms with Crippen molar-refractivity contribution in [2.24, 2.45) is 15.9 Å². The maximum Gasteiger partial charge on any atom is 0.243 e. The third-order valence-electron chi connectivity index (χ3n) is 5.63. The number of primary sulfonamides is 1. The van der Waals surface area contributed by atoms with Crippen molar-refractivity contribution in [3.63, 3.8) is 0 Å². The second kappa shape index (κ2) is 12.1. The predicted octanol–water partition coefficient (Wildman–Crippen LogP) is 4.30. The van der Waals surface area contributed by atoms with Crippen LogP contribution in [0.5, 0.6) is 0 Å². The first-order valence-corrected chi connectivity index (χ1v) is 13.7. The lowest BCUT2D eigenvalue weighted by Gasteiger charge is -2.28. The molecule has 0 aromatic heterocycles. The highest BCUT2D eigenvalue weighted by Gasteiger charge is 2.17.